The van der Waals surface area contributed by atoms with Crippen LogP contribution in [0.4, 0.5) is 4.79 Å². The van der Waals surface area contributed by atoms with Crippen LogP contribution in [0, 0.1) is 0 Å². The molecule has 2 aliphatic heterocycles. The van der Waals surface area contributed by atoms with E-state index in [-0.39, 0.29) is 29.2 Å². The largest absolute Gasteiger partial charge is 0.450 e. The zero-order chi connectivity index (χ0) is 20.3. The quantitative estimate of drug-likeness (QED) is 0.705. The molecule has 0 radical (unpaired) electrons. The Morgan fingerprint density at radius 3 is 2.36 bits per heavy atom. The van der Waals surface area contributed by atoms with Crippen molar-refractivity contribution in [3.63, 3.8) is 0 Å². The van der Waals surface area contributed by atoms with Crippen LogP contribution in [-0.4, -0.2) is 58.7 Å². The fraction of sp³-hybridized carbons (Fsp3) is 0.476. The highest BCUT2D eigenvalue weighted by Gasteiger charge is 2.44. The molecule has 2 heterocycles. The van der Waals surface area contributed by atoms with Crippen molar-refractivity contribution in [2.75, 3.05) is 19.7 Å². The van der Waals surface area contributed by atoms with Gasteiger partial charge < -0.3 is 9.64 Å². The third kappa shape index (κ3) is 4.09. The van der Waals surface area contributed by atoms with Crippen molar-refractivity contribution in [3.8, 4) is 0 Å². The van der Waals surface area contributed by atoms with Crippen LogP contribution < -0.4 is 0 Å². The number of hydrogen-bond donors (Lipinski definition) is 0. The Morgan fingerprint density at radius 2 is 1.79 bits per heavy atom. The average molecular weight is 403 g/mol. The molecule has 0 atom stereocenters. The van der Waals surface area contributed by atoms with Gasteiger partial charge in [-0.3, -0.25) is 14.5 Å². The summed E-state index contributed by atoms with van der Waals surface area (Å²) in [5.74, 6) is -0.439. The van der Waals surface area contributed by atoms with Crippen molar-refractivity contribution >= 4 is 35.2 Å². The highest BCUT2D eigenvalue weighted by molar-refractivity contribution is 8.04. The van der Waals surface area contributed by atoms with Crippen LogP contribution >= 0.6 is 11.8 Å². The van der Waals surface area contributed by atoms with Crippen molar-refractivity contribution in [2.24, 2.45) is 0 Å². The summed E-state index contributed by atoms with van der Waals surface area (Å²) in [6.07, 6.45) is 0.801. The Bertz CT molecular complexity index is 783. The molecule has 0 spiro atoms. The summed E-state index contributed by atoms with van der Waals surface area (Å²) in [6, 6.07) is 9.18. The molecule has 1 aromatic carbocycles. The number of carbonyl (C=O) groups is 3. The second-order valence-corrected chi connectivity index (χ2v) is 8.72. The van der Waals surface area contributed by atoms with Gasteiger partial charge in [0, 0.05) is 24.4 Å². The summed E-state index contributed by atoms with van der Waals surface area (Å²) in [4.78, 5) is 41.9. The third-order valence-corrected chi connectivity index (χ3v) is 5.93. The van der Waals surface area contributed by atoms with Crippen LogP contribution in [-0.2, 0) is 14.3 Å². The Morgan fingerprint density at radius 1 is 1.14 bits per heavy atom. The van der Waals surface area contributed by atoms with Crippen LogP contribution in [0.25, 0.3) is 5.57 Å². The van der Waals surface area contributed by atoms with Crippen LogP contribution in [0.1, 0.15) is 39.2 Å². The fourth-order valence-corrected chi connectivity index (χ4v) is 4.58. The predicted molar refractivity (Wildman–Crippen MR) is 110 cm³/mol. The lowest BCUT2D eigenvalue weighted by molar-refractivity contribution is -0.140. The third-order valence-electron chi connectivity index (χ3n) is 4.84. The van der Waals surface area contributed by atoms with E-state index in [0.717, 1.165) is 5.56 Å². The van der Waals surface area contributed by atoms with E-state index in [4.69, 9.17) is 4.74 Å². The molecule has 0 N–H and O–H groups in total. The minimum Gasteiger partial charge on any atom is -0.450 e. The van der Waals surface area contributed by atoms with E-state index in [2.05, 4.69) is 0 Å². The van der Waals surface area contributed by atoms with Crippen molar-refractivity contribution in [1.29, 1.82) is 0 Å². The number of piperidine rings is 1. The smallest absolute Gasteiger partial charge is 0.409 e. The van der Waals surface area contributed by atoms with E-state index in [9.17, 15) is 14.4 Å². The van der Waals surface area contributed by atoms with Crippen molar-refractivity contribution in [1.82, 2.24) is 9.80 Å². The number of benzene rings is 1. The molecule has 1 fully saturated rings. The standard InChI is InChI=1S/C21H26N2O4S/c1-4-27-21(26)22-12-10-16(11-13-22)23-19(24)17(15-8-6-5-7-9-15)18(20(23)25)28-14(2)3/h5-9,14,16H,4,10-13H2,1-3H3. The average Bonchev–Trinajstić information content (AvgIpc) is 2.92. The topological polar surface area (TPSA) is 66.9 Å². The van der Waals surface area contributed by atoms with E-state index in [1.54, 1.807) is 11.8 Å². The van der Waals surface area contributed by atoms with E-state index >= 15 is 0 Å². The molecule has 28 heavy (non-hydrogen) atoms. The molecule has 0 unspecified atom stereocenters. The monoisotopic (exact) mass is 402 g/mol. The van der Waals surface area contributed by atoms with Gasteiger partial charge in [-0.15, -0.1) is 11.8 Å². The molecule has 6 nitrogen and oxygen atoms in total. The zero-order valence-corrected chi connectivity index (χ0v) is 17.3. The lowest BCUT2D eigenvalue weighted by Crippen LogP contribution is -2.49. The van der Waals surface area contributed by atoms with Gasteiger partial charge in [-0.25, -0.2) is 4.79 Å². The molecule has 0 aliphatic carbocycles. The second kappa shape index (κ2) is 8.82. The molecule has 1 saturated heterocycles. The van der Waals surface area contributed by atoms with Gasteiger partial charge in [0.05, 0.1) is 17.1 Å². The Balaban J connectivity index is 1.81. The highest BCUT2D eigenvalue weighted by Crippen LogP contribution is 2.39. The summed E-state index contributed by atoms with van der Waals surface area (Å²) in [5, 5.41) is 0.191. The maximum atomic E-state index is 13.3. The summed E-state index contributed by atoms with van der Waals surface area (Å²) in [7, 11) is 0. The number of hydrogen-bond acceptors (Lipinski definition) is 5. The number of ether oxygens (including phenoxy) is 1. The van der Waals surface area contributed by atoms with Gasteiger partial charge in [-0.1, -0.05) is 44.2 Å². The van der Waals surface area contributed by atoms with Crippen LogP contribution in [0.2, 0.25) is 0 Å². The maximum absolute atomic E-state index is 13.3. The molecule has 3 rings (SSSR count). The lowest BCUT2D eigenvalue weighted by atomic mass is 10.0. The number of likely N-dealkylation sites (tertiary alicyclic amines) is 1. The van der Waals surface area contributed by atoms with Gasteiger partial charge in [0.25, 0.3) is 11.8 Å². The van der Waals surface area contributed by atoms with Gasteiger partial charge in [-0.2, -0.15) is 0 Å². The van der Waals surface area contributed by atoms with E-state index in [1.165, 1.54) is 16.7 Å². The van der Waals surface area contributed by atoms with Crippen molar-refractivity contribution < 1.29 is 19.1 Å². The van der Waals surface area contributed by atoms with E-state index in [1.807, 2.05) is 44.2 Å². The van der Waals surface area contributed by atoms with E-state index in [0.29, 0.717) is 43.0 Å². The molecule has 2 aliphatic rings. The molecule has 0 bridgehead atoms. The minimum atomic E-state index is -0.334. The molecule has 0 saturated carbocycles. The van der Waals surface area contributed by atoms with Crippen LogP contribution in [0.5, 0.6) is 0 Å². The van der Waals surface area contributed by atoms with Gasteiger partial charge in [0.1, 0.15) is 0 Å². The maximum Gasteiger partial charge on any atom is 0.409 e. The molecular formula is C21H26N2O4S. The predicted octanol–water partition coefficient (Wildman–Crippen LogP) is 3.53. The molecule has 0 aromatic heterocycles. The van der Waals surface area contributed by atoms with E-state index < -0.39 is 0 Å². The van der Waals surface area contributed by atoms with Crippen molar-refractivity contribution in [2.45, 2.75) is 44.9 Å². The molecular weight excluding hydrogens is 376 g/mol. The Labute approximate surface area is 169 Å². The molecule has 3 amide bonds. The van der Waals surface area contributed by atoms with Gasteiger partial charge in [0.2, 0.25) is 0 Å². The SMILES string of the molecule is CCOC(=O)N1CCC(N2C(=O)C(SC(C)C)=C(c3ccccc3)C2=O)CC1. The summed E-state index contributed by atoms with van der Waals surface area (Å²) < 4.78 is 5.05. The first-order valence-corrected chi connectivity index (χ1v) is 10.6. The summed E-state index contributed by atoms with van der Waals surface area (Å²) >= 11 is 1.44. The first kappa shape index (κ1) is 20.5. The van der Waals surface area contributed by atoms with Gasteiger partial charge >= 0.3 is 6.09 Å². The number of amides is 3. The Kier molecular flexibility index (Phi) is 6.44. The van der Waals surface area contributed by atoms with Gasteiger partial charge in [-0.05, 0) is 25.3 Å². The number of imide groups is 1. The highest BCUT2D eigenvalue weighted by atomic mass is 32.2. The molecule has 150 valence electrons. The molecule has 1 aromatic rings. The first-order chi connectivity index (χ1) is 13.4. The minimum absolute atomic E-state index is 0.191. The summed E-state index contributed by atoms with van der Waals surface area (Å²) in [5.41, 5.74) is 1.27. The summed E-state index contributed by atoms with van der Waals surface area (Å²) in [6.45, 7) is 7.09. The van der Waals surface area contributed by atoms with Crippen LogP contribution in [0.3, 0.4) is 0 Å². The zero-order valence-electron chi connectivity index (χ0n) is 16.5. The van der Waals surface area contributed by atoms with Gasteiger partial charge in [0.15, 0.2) is 0 Å². The number of thioether (sulfide) groups is 1. The lowest BCUT2D eigenvalue weighted by Gasteiger charge is -2.35. The number of nitrogens with zero attached hydrogens (tertiary/aromatic N) is 2. The number of carbonyl (C=O) groups excluding carboxylic acids is 3. The molecule has 7 heteroatoms. The second-order valence-electron chi connectivity index (χ2n) is 7.13. The Hall–Kier alpha value is -2.28. The number of rotatable bonds is 5. The van der Waals surface area contributed by atoms with Crippen molar-refractivity contribution in [3.05, 3.63) is 40.8 Å². The fourth-order valence-electron chi connectivity index (χ4n) is 3.58. The normalized spacial score (nSPS) is 18.4. The van der Waals surface area contributed by atoms with Crippen LogP contribution in [0.15, 0.2) is 35.2 Å². The first-order valence-electron chi connectivity index (χ1n) is 9.70.